The minimum absolute atomic E-state index is 0.134. The van der Waals surface area contributed by atoms with E-state index in [1.807, 2.05) is 0 Å². The first-order chi connectivity index (χ1) is 17.3. The summed E-state index contributed by atoms with van der Waals surface area (Å²) >= 11 is 6.20. The number of aliphatic hydroxyl groups excluding tert-OH is 3. The Bertz CT molecular complexity index is 1290. The highest BCUT2D eigenvalue weighted by molar-refractivity contribution is 7.92. The number of amides is 1. The van der Waals surface area contributed by atoms with Gasteiger partial charge in [-0.05, 0) is 55.7 Å². The number of nitrogens with one attached hydrogen (secondary N) is 1. The van der Waals surface area contributed by atoms with Crippen molar-refractivity contribution in [3.05, 3.63) is 58.4 Å². The molecule has 6 atom stereocenters. The van der Waals surface area contributed by atoms with Crippen molar-refractivity contribution in [1.82, 2.24) is 0 Å². The zero-order valence-corrected chi connectivity index (χ0v) is 20.8. The van der Waals surface area contributed by atoms with Crippen molar-refractivity contribution in [2.75, 3.05) is 11.9 Å². The van der Waals surface area contributed by atoms with E-state index in [2.05, 4.69) is 5.32 Å². The summed E-state index contributed by atoms with van der Waals surface area (Å²) in [6.45, 7) is -0.776. The lowest BCUT2D eigenvalue weighted by atomic mass is 9.73. The number of benzene rings is 2. The fourth-order valence-corrected chi connectivity index (χ4v) is 8.46. The molecule has 2 aliphatic rings. The third kappa shape index (κ3) is 5.10. The molecule has 0 aromatic heterocycles. The van der Waals surface area contributed by atoms with E-state index in [-0.39, 0.29) is 34.0 Å². The monoisotopic (exact) mass is 563 g/mol. The van der Waals surface area contributed by atoms with E-state index in [1.165, 1.54) is 12.1 Å². The van der Waals surface area contributed by atoms with Gasteiger partial charge in [0.15, 0.2) is 27.3 Å². The largest absolute Gasteiger partial charge is 0.394 e. The van der Waals surface area contributed by atoms with Crippen LogP contribution in [0.1, 0.15) is 36.0 Å². The van der Waals surface area contributed by atoms with Crippen LogP contribution in [0.15, 0.2) is 35.2 Å². The van der Waals surface area contributed by atoms with Crippen LogP contribution in [-0.2, 0) is 9.84 Å². The Morgan fingerprint density at radius 2 is 1.65 bits per heavy atom. The van der Waals surface area contributed by atoms with Crippen LogP contribution in [0.5, 0.6) is 0 Å². The third-order valence-corrected chi connectivity index (χ3v) is 10.1. The standard InChI is InChI=1S/C24H25ClF3NO7S/c25-15-4-3-11(23(33)29-14-6-16(26)20(28)17(27)7-14)5-19(15)37(35,36)21-12-1-2-13(21)9-24(34,8-12)22(32)18(31)10-30/h3-7,12-13,18,21-22,30-32,34H,1-2,8-10H2,(H,29,33)/t12-,13?,18?,21?,22?,24?/m0/s1. The molecule has 0 radical (unpaired) electrons. The number of carbonyl (C=O) groups is 1. The Morgan fingerprint density at radius 1 is 1.08 bits per heavy atom. The number of hydrogen-bond acceptors (Lipinski definition) is 7. The summed E-state index contributed by atoms with van der Waals surface area (Å²) in [4.78, 5) is 12.3. The summed E-state index contributed by atoms with van der Waals surface area (Å²) in [6.07, 6.45) is -2.67. The van der Waals surface area contributed by atoms with Crippen molar-refractivity contribution in [1.29, 1.82) is 0 Å². The van der Waals surface area contributed by atoms with Crippen molar-refractivity contribution >= 4 is 33.0 Å². The molecule has 202 valence electrons. The Morgan fingerprint density at radius 3 is 2.19 bits per heavy atom. The van der Waals surface area contributed by atoms with Crippen LogP contribution in [-0.4, -0.2) is 64.4 Å². The lowest BCUT2D eigenvalue weighted by Gasteiger charge is -2.44. The van der Waals surface area contributed by atoms with Gasteiger partial charge < -0.3 is 25.7 Å². The van der Waals surface area contributed by atoms with Crippen LogP contribution in [0.4, 0.5) is 18.9 Å². The second-order valence-corrected chi connectivity index (χ2v) is 12.1. The number of aliphatic hydroxyl groups is 4. The molecule has 8 nitrogen and oxygen atoms in total. The van der Waals surface area contributed by atoms with Gasteiger partial charge >= 0.3 is 0 Å². The number of sulfone groups is 1. The van der Waals surface area contributed by atoms with Crippen molar-refractivity contribution in [3.8, 4) is 0 Å². The van der Waals surface area contributed by atoms with Crippen LogP contribution in [0, 0.1) is 29.3 Å². The molecule has 2 aliphatic carbocycles. The first kappa shape index (κ1) is 27.8. The number of hydrogen-bond donors (Lipinski definition) is 5. The molecular weight excluding hydrogens is 539 g/mol. The molecule has 0 saturated heterocycles. The van der Waals surface area contributed by atoms with Crippen LogP contribution >= 0.6 is 11.6 Å². The van der Waals surface area contributed by atoms with E-state index in [9.17, 15) is 41.7 Å². The smallest absolute Gasteiger partial charge is 0.255 e. The summed E-state index contributed by atoms with van der Waals surface area (Å²) in [5.41, 5.74) is -2.35. The zero-order valence-electron chi connectivity index (χ0n) is 19.2. The maximum Gasteiger partial charge on any atom is 0.255 e. The second kappa shape index (κ2) is 10.2. The van der Waals surface area contributed by atoms with Crippen molar-refractivity contribution in [2.24, 2.45) is 11.8 Å². The van der Waals surface area contributed by atoms with Crippen molar-refractivity contribution in [2.45, 2.75) is 53.6 Å². The number of halogens is 4. The number of fused-ring (bicyclic) bond motifs is 2. The number of carbonyl (C=O) groups excluding carboxylic acids is 1. The average Bonchev–Trinajstić information content (AvgIpc) is 3.14. The summed E-state index contributed by atoms with van der Waals surface area (Å²) in [6, 6.07) is 4.60. The average molecular weight is 564 g/mol. The predicted molar refractivity (Wildman–Crippen MR) is 126 cm³/mol. The lowest BCUT2D eigenvalue weighted by Crippen LogP contribution is -2.56. The van der Waals surface area contributed by atoms with Crippen LogP contribution < -0.4 is 5.32 Å². The Balaban J connectivity index is 1.60. The minimum Gasteiger partial charge on any atom is -0.394 e. The molecule has 5 N–H and O–H groups in total. The maximum absolute atomic E-state index is 13.7. The van der Waals surface area contributed by atoms with Gasteiger partial charge in [-0.1, -0.05) is 11.6 Å². The topological polar surface area (TPSA) is 144 Å². The van der Waals surface area contributed by atoms with Gasteiger partial charge in [-0.25, -0.2) is 21.6 Å². The van der Waals surface area contributed by atoms with E-state index in [0.29, 0.717) is 25.0 Å². The summed E-state index contributed by atoms with van der Waals surface area (Å²) < 4.78 is 67.6. The molecule has 2 aromatic carbocycles. The van der Waals surface area contributed by atoms with E-state index < -0.39 is 74.7 Å². The molecule has 5 unspecified atom stereocenters. The molecular formula is C24H25ClF3NO7S. The van der Waals surface area contributed by atoms with E-state index >= 15 is 0 Å². The van der Waals surface area contributed by atoms with E-state index in [1.54, 1.807) is 0 Å². The summed E-state index contributed by atoms with van der Waals surface area (Å²) in [5, 5.41) is 41.3. The van der Waals surface area contributed by atoms with Crippen molar-refractivity contribution in [3.63, 3.8) is 0 Å². The fraction of sp³-hybridized carbons (Fsp3) is 0.458. The summed E-state index contributed by atoms with van der Waals surface area (Å²) in [5.74, 6) is -6.83. The molecule has 4 rings (SSSR count). The zero-order chi connectivity index (χ0) is 27.3. The van der Waals surface area contributed by atoms with Crippen LogP contribution in [0.3, 0.4) is 0 Å². The predicted octanol–water partition coefficient (Wildman–Crippen LogP) is 2.42. The van der Waals surface area contributed by atoms with Gasteiger partial charge in [0, 0.05) is 23.4 Å². The number of anilines is 1. The van der Waals surface area contributed by atoms with Gasteiger partial charge in [0.05, 0.1) is 27.4 Å². The highest BCUT2D eigenvalue weighted by Crippen LogP contribution is 2.52. The normalized spacial score (nSPS) is 27.1. The van der Waals surface area contributed by atoms with Gasteiger partial charge in [0.25, 0.3) is 5.91 Å². The molecule has 13 heteroatoms. The summed E-state index contributed by atoms with van der Waals surface area (Å²) in [7, 11) is -4.16. The van der Waals surface area contributed by atoms with Gasteiger partial charge in [-0.2, -0.15) is 0 Å². The Kier molecular flexibility index (Phi) is 7.63. The molecule has 1 amide bonds. The molecule has 2 fully saturated rings. The van der Waals surface area contributed by atoms with E-state index in [4.69, 9.17) is 16.7 Å². The van der Waals surface area contributed by atoms with Gasteiger partial charge in [-0.15, -0.1) is 0 Å². The Hall–Kier alpha value is -2.22. The van der Waals surface area contributed by atoms with Gasteiger partial charge in [0.1, 0.15) is 12.2 Å². The molecule has 37 heavy (non-hydrogen) atoms. The highest BCUT2D eigenvalue weighted by atomic mass is 35.5. The third-order valence-electron chi connectivity index (χ3n) is 7.27. The molecule has 0 heterocycles. The SMILES string of the molecule is O=C(Nc1cc(F)c(F)c(F)c1)c1ccc(Cl)c(S(=O)(=O)C2C3CC[C@H]2CC(O)(C(O)C(O)CO)C3)c1. The second-order valence-electron chi connectivity index (χ2n) is 9.67. The molecule has 2 aromatic rings. The first-order valence-corrected chi connectivity index (χ1v) is 13.4. The Labute approximate surface area is 215 Å². The molecule has 0 spiro atoms. The van der Waals surface area contributed by atoms with Gasteiger partial charge in [-0.3, -0.25) is 4.79 Å². The van der Waals surface area contributed by atoms with Crippen molar-refractivity contribution < 1.29 is 46.8 Å². The highest BCUT2D eigenvalue weighted by Gasteiger charge is 2.57. The minimum atomic E-state index is -4.16. The lowest BCUT2D eigenvalue weighted by molar-refractivity contribution is -0.158. The molecule has 2 bridgehead atoms. The fourth-order valence-electron chi connectivity index (χ4n) is 5.62. The molecule has 0 aliphatic heterocycles. The number of rotatable bonds is 7. The quantitative estimate of drug-likeness (QED) is 0.325. The maximum atomic E-state index is 13.7. The first-order valence-electron chi connectivity index (χ1n) is 11.5. The van der Waals surface area contributed by atoms with Crippen LogP contribution in [0.2, 0.25) is 5.02 Å². The molecule has 2 saturated carbocycles. The van der Waals surface area contributed by atoms with E-state index in [0.717, 1.165) is 6.07 Å². The van der Waals surface area contributed by atoms with Crippen LogP contribution in [0.25, 0.3) is 0 Å². The van der Waals surface area contributed by atoms with Gasteiger partial charge in [0.2, 0.25) is 0 Å².